The van der Waals surface area contributed by atoms with Crippen LogP contribution in [-0.4, -0.2) is 23.7 Å². The first-order valence-electron chi connectivity index (χ1n) is 9.62. The molecule has 0 amide bonds. The summed E-state index contributed by atoms with van der Waals surface area (Å²) in [4.78, 5) is 0. The van der Waals surface area contributed by atoms with E-state index in [-0.39, 0.29) is 11.4 Å². The largest absolute Gasteiger partial charge is 0.389 e. The molecule has 0 aliphatic heterocycles. The molecule has 0 spiro atoms. The molecule has 0 bridgehead atoms. The highest BCUT2D eigenvalue weighted by Crippen LogP contribution is 2.61. The van der Waals surface area contributed by atoms with Crippen LogP contribution in [0, 0.1) is 16.7 Å². The Labute approximate surface area is 156 Å². The van der Waals surface area contributed by atoms with E-state index in [4.69, 9.17) is 5.41 Å². The number of hydrazine groups is 1. The summed E-state index contributed by atoms with van der Waals surface area (Å²) in [5, 5.41) is 21.9. The molecule has 4 atom stereocenters. The van der Waals surface area contributed by atoms with Gasteiger partial charge in [-0.2, -0.15) is 0 Å². The van der Waals surface area contributed by atoms with Gasteiger partial charge in [0, 0.05) is 18.2 Å². The van der Waals surface area contributed by atoms with Gasteiger partial charge in [-0.25, -0.2) is 0 Å². The molecule has 1 aromatic carbocycles. The van der Waals surface area contributed by atoms with E-state index in [0.717, 1.165) is 37.8 Å². The van der Waals surface area contributed by atoms with Gasteiger partial charge in [-0.3, -0.25) is 10.8 Å². The molecular weight excluding hydrogens is 324 g/mol. The smallest absolute Gasteiger partial charge is 0.207 e. The van der Waals surface area contributed by atoms with Crippen molar-refractivity contribution in [2.24, 2.45) is 11.3 Å². The van der Waals surface area contributed by atoms with Crippen LogP contribution in [0.2, 0.25) is 0 Å². The molecule has 3 rings (SSSR count). The maximum Gasteiger partial charge on any atom is 0.207 e. The lowest BCUT2D eigenvalue weighted by molar-refractivity contribution is -0.0985. The number of hydrogen-bond donors (Lipinski definition) is 5. The molecule has 0 unspecified atom stereocenters. The molecule has 0 radical (unpaired) electrons. The van der Waals surface area contributed by atoms with Gasteiger partial charge in [-0.15, -0.1) is 0 Å². The lowest BCUT2D eigenvalue weighted by atomic mass is 9.59. The molecule has 0 aromatic heterocycles. The lowest BCUT2D eigenvalue weighted by Crippen LogP contribution is -2.49. The van der Waals surface area contributed by atoms with Gasteiger partial charge in [-0.1, -0.05) is 43.3 Å². The summed E-state index contributed by atoms with van der Waals surface area (Å²) in [5.74, 6) is 1.03. The molecule has 2 fully saturated rings. The normalized spacial score (nSPS) is 34.1. The zero-order chi connectivity index (χ0) is 18.8. The summed E-state index contributed by atoms with van der Waals surface area (Å²) in [5.41, 5.74) is 7.55. The monoisotopic (exact) mass is 356 g/mol. The van der Waals surface area contributed by atoms with Crippen molar-refractivity contribution in [3.05, 3.63) is 47.7 Å². The number of aliphatic hydroxyl groups is 1. The maximum atomic E-state index is 11.5. The Morgan fingerprint density at radius 3 is 2.62 bits per heavy atom. The van der Waals surface area contributed by atoms with Crippen molar-refractivity contribution >= 4 is 5.96 Å². The molecule has 5 heteroatoms. The maximum absolute atomic E-state index is 11.5. The Bertz CT molecular complexity index is 674. The van der Waals surface area contributed by atoms with Crippen molar-refractivity contribution in [3.8, 4) is 0 Å². The Kier molecular flexibility index (Phi) is 5.28. The van der Waals surface area contributed by atoms with E-state index in [1.165, 1.54) is 5.56 Å². The third-order valence-electron chi connectivity index (χ3n) is 6.70. The number of nitrogens with one attached hydrogen (secondary N) is 4. The van der Waals surface area contributed by atoms with Crippen molar-refractivity contribution < 1.29 is 5.11 Å². The highest BCUT2D eigenvalue weighted by Gasteiger charge is 2.58. The number of rotatable bonds is 4. The number of hydrogen-bond acceptors (Lipinski definition) is 3. The van der Waals surface area contributed by atoms with Crippen molar-refractivity contribution in [1.82, 2.24) is 16.2 Å². The molecule has 0 saturated heterocycles. The van der Waals surface area contributed by atoms with E-state index >= 15 is 0 Å². The average molecular weight is 357 g/mol. The summed E-state index contributed by atoms with van der Waals surface area (Å²) >= 11 is 0. The highest BCUT2D eigenvalue weighted by atomic mass is 16.3. The lowest BCUT2D eigenvalue weighted by Gasteiger charge is -2.49. The highest BCUT2D eigenvalue weighted by molar-refractivity contribution is 5.75. The second kappa shape index (κ2) is 7.31. The van der Waals surface area contributed by atoms with Crippen LogP contribution >= 0.6 is 0 Å². The van der Waals surface area contributed by atoms with Crippen LogP contribution in [0.1, 0.15) is 57.4 Å². The van der Waals surface area contributed by atoms with Gasteiger partial charge >= 0.3 is 0 Å². The zero-order valence-corrected chi connectivity index (χ0v) is 16.1. The summed E-state index contributed by atoms with van der Waals surface area (Å²) in [6.07, 6.45) is 7.13. The Morgan fingerprint density at radius 2 is 1.92 bits per heavy atom. The fraction of sp³-hybridized carbons (Fsp3) is 0.571. The summed E-state index contributed by atoms with van der Waals surface area (Å²) in [6, 6.07) is 10.6. The molecule has 2 aliphatic carbocycles. The number of benzene rings is 1. The average Bonchev–Trinajstić information content (AvgIpc) is 2.91. The Morgan fingerprint density at radius 1 is 1.19 bits per heavy atom. The Balaban J connectivity index is 1.71. The van der Waals surface area contributed by atoms with Gasteiger partial charge in [-0.05, 0) is 56.4 Å². The number of fused-ring (bicyclic) bond motifs is 1. The molecule has 1 aromatic rings. The van der Waals surface area contributed by atoms with Crippen LogP contribution in [0.4, 0.5) is 0 Å². The first-order valence-corrected chi connectivity index (χ1v) is 9.62. The number of guanidine groups is 1. The van der Waals surface area contributed by atoms with Gasteiger partial charge in [0.25, 0.3) is 0 Å². The van der Waals surface area contributed by atoms with Crippen LogP contribution in [0.5, 0.6) is 0 Å². The SMILES string of the molecule is CNC(=N)NN/C(C)=C/[C@H]1CC[C@]2(O)C[C@@H](c3ccccc3)CC[C@]12C. The van der Waals surface area contributed by atoms with Gasteiger partial charge in [0.15, 0.2) is 0 Å². The first-order chi connectivity index (χ1) is 12.4. The third kappa shape index (κ3) is 3.45. The van der Waals surface area contributed by atoms with Crippen molar-refractivity contribution in [2.45, 2.75) is 57.5 Å². The standard InChI is InChI=1S/C21H32N4O/c1-15(24-25-19(22)23-3)13-18-10-12-21(26)14-17(9-11-20(18,21)2)16-7-5-4-6-8-16/h4-8,13,17-18,24,26H,9-12,14H2,1-3H3,(H3,22,23,25)/b15-13+/t17-,18+,20+,21-/m0/s1. The molecule has 142 valence electrons. The van der Waals surface area contributed by atoms with E-state index in [9.17, 15) is 5.11 Å². The fourth-order valence-electron chi connectivity index (χ4n) is 4.92. The second-order valence-electron chi connectivity index (χ2n) is 8.17. The quantitative estimate of drug-likeness (QED) is 0.326. The van der Waals surface area contributed by atoms with Crippen LogP contribution in [0.15, 0.2) is 42.1 Å². The van der Waals surface area contributed by atoms with Gasteiger partial charge in [0.1, 0.15) is 0 Å². The summed E-state index contributed by atoms with van der Waals surface area (Å²) in [6.45, 7) is 4.27. The predicted octanol–water partition coefficient (Wildman–Crippen LogP) is 3.25. The predicted molar refractivity (Wildman–Crippen MR) is 106 cm³/mol. The van der Waals surface area contributed by atoms with Crippen LogP contribution in [0.3, 0.4) is 0 Å². The van der Waals surface area contributed by atoms with Crippen LogP contribution in [0.25, 0.3) is 0 Å². The van der Waals surface area contributed by atoms with E-state index in [2.05, 4.69) is 59.5 Å². The van der Waals surface area contributed by atoms with Crippen molar-refractivity contribution in [3.63, 3.8) is 0 Å². The van der Waals surface area contributed by atoms with E-state index in [1.807, 2.05) is 6.92 Å². The molecule has 26 heavy (non-hydrogen) atoms. The topological polar surface area (TPSA) is 80.2 Å². The number of allylic oxidation sites excluding steroid dienone is 2. The van der Waals surface area contributed by atoms with E-state index in [1.54, 1.807) is 7.05 Å². The summed E-state index contributed by atoms with van der Waals surface area (Å²) < 4.78 is 0. The van der Waals surface area contributed by atoms with Crippen LogP contribution < -0.4 is 16.2 Å². The summed E-state index contributed by atoms with van der Waals surface area (Å²) in [7, 11) is 1.71. The molecular formula is C21H32N4O. The fourth-order valence-corrected chi connectivity index (χ4v) is 4.92. The minimum atomic E-state index is -0.599. The minimum absolute atomic E-state index is 0.0856. The Hall–Kier alpha value is -2.01. The van der Waals surface area contributed by atoms with Gasteiger partial charge < -0.3 is 15.8 Å². The third-order valence-corrected chi connectivity index (χ3v) is 6.70. The molecule has 2 aliphatic rings. The second-order valence-corrected chi connectivity index (χ2v) is 8.17. The van der Waals surface area contributed by atoms with Crippen LogP contribution in [-0.2, 0) is 0 Å². The molecule has 0 heterocycles. The minimum Gasteiger partial charge on any atom is -0.389 e. The zero-order valence-electron chi connectivity index (χ0n) is 16.1. The van der Waals surface area contributed by atoms with Crippen molar-refractivity contribution in [2.75, 3.05) is 7.05 Å². The molecule has 2 saturated carbocycles. The van der Waals surface area contributed by atoms with E-state index in [0.29, 0.717) is 11.8 Å². The van der Waals surface area contributed by atoms with Crippen molar-refractivity contribution in [1.29, 1.82) is 5.41 Å². The first kappa shape index (κ1) is 18.8. The molecule has 5 N–H and O–H groups in total. The van der Waals surface area contributed by atoms with E-state index < -0.39 is 5.60 Å². The van der Waals surface area contributed by atoms with Gasteiger partial charge in [0.05, 0.1) is 5.60 Å². The van der Waals surface area contributed by atoms with Gasteiger partial charge in [0.2, 0.25) is 5.96 Å². The molecule has 5 nitrogen and oxygen atoms in total.